The van der Waals surface area contributed by atoms with Crippen molar-refractivity contribution in [2.75, 3.05) is 0 Å². The number of rotatable bonds is 3. The van der Waals surface area contributed by atoms with Crippen LogP contribution in [0.2, 0.25) is 0 Å². The summed E-state index contributed by atoms with van der Waals surface area (Å²) in [5, 5.41) is 12.9. The van der Waals surface area contributed by atoms with Gasteiger partial charge in [0.2, 0.25) is 0 Å². The van der Waals surface area contributed by atoms with Gasteiger partial charge in [0, 0.05) is 6.07 Å². The third-order valence-corrected chi connectivity index (χ3v) is 2.88. The smallest absolute Gasteiger partial charge is 0.335 e. The van der Waals surface area contributed by atoms with Crippen LogP contribution < -0.4 is 0 Å². The Morgan fingerprint density at radius 1 is 1.42 bits per heavy atom. The Balaban J connectivity index is 2.03. The summed E-state index contributed by atoms with van der Waals surface area (Å²) >= 11 is 0. The minimum atomic E-state index is -0.952. The molecule has 0 saturated carbocycles. The molecule has 0 bridgehead atoms. The van der Waals surface area contributed by atoms with Crippen molar-refractivity contribution in [3.05, 3.63) is 47.6 Å². The minimum absolute atomic E-state index is 0.241. The van der Waals surface area contributed by atoms with Gasteiger partial charge in [-0.2, -0.15) is 0 Å². The predicted molar refractivity (Wildman–Crippen MR) is 67.0 cm³/mol. The van der Waals surface area contributed by atoms with Crippen molar-refractivity contribution in [2.24, 2.45) is 0 Å². The molecule has 3 aromatic rings. The average Bonchev–Trinajstić information content (AvgIpc) is 2.96. The van der Waals surface area contributed by atoms with Gasteiger partial charge in [0.05, 0.1) is 29.5 Å². The molecule has 0 unspecified atom stereocenters. The SMILES string of the molecule is Cc1cc(Cn2cnc3ccc(C(=O)O)cc32)no1. The lowest BCUT2D eigenvalue weighted by Gasteiger charge is -2.01. The Bertz CT molecular complexity index is 757. The van der Waals surface area contributed by atoms with Crippen molar-refractivity contribution >= 4 is 17.0 Å². The number of hydrogen-bond acceptors (Lipinski definition) is 4. The van der Waals surface area contributed by atoms with E-state index in [1.165, 1.54) is 0 Å². The highest BCUT2D eigenvalue weighted by Gasteiger charge is 2.09. The van der Waals surface area contributed by atoms with Crippen LogP contribution in [0.1, 0.15) is 21.8 Å². The second kappa shape index (κ2) is 4.24. The fourth-order valence-electron chi connectivity index (χ4n) is 1.98. The van der Waals surface area contributed by atoms with Crippen molar-refractivity contribution in [3.63, 3.8) is 0 Å². The van der Waals surface area contributed by atoms with Crippen molar-refractivity contribution in [3.8, 4) is 0 Å². The molecule has 19 heavy (non-hydrogen) atoms. The number of aromatic carboxylic acids is 1. The molecule has 6 nitrogen and oxygen atoms in total. The second-order valence-electron chi connectivity index (χ2n) is 4.31. The molecule has 2 aromatic heterocycles. The first-order valence-corrected chi connectivity index (χ1v) is 5.74. The van der Waals surface area contributed by atoms with Gasteiger partial charge in [-0.05, 0) is 25.1 Å². The van der Waals surface area contributed by atoms with Gasteiger partial charge in [0.25, 0.3) is 0 Å². The van der Waals surface area contributed by atoms with Gasteiger partial charge in [0.1, 0.15) is 11.5 Å². The molecular formula is C13H11N3O3. The van der Waals surface area contributed by atoms with Gasteiger partial charge < -0.3 is 14.2 Å². The molecule has 0 saturated heterocycles. The Hall–Kier alpha value is -2.63. The number of fused-ring (bicyclic) bond motifs is 1. The zero-order valence-corrected chi connectivity index (χ0v) is 10.2. The number of aryl methyl sites for hydroxylation is 1. The second-order valence-corrected chi connectivity index (χ2v) is 4.31. The lowest BCUT2D eigenvalue weighted by molar-refractivity contribution is 0.0697. The summed E-state index contributed by atoms with van der Waals surface area (Å²) in [6, 6.07) is 6.69. The van der Waals surface area contributed by atoms with Gasteiger partial charge in [0.15, 0.2) is 0 Å². The maximum absolute atomic E-state index is 11.0. The Morgan fingerprint density at radius 2 is 2.26 bits per heavy atom. The van der Waals surface area contributed by atoms with Crippen molar-refractivity contribution in [1.82, 2.24) is 14.7 Å². The highest BCUT2D eigenvalue weighted by Crippen LogP contribution is 2.16. The van der Waals surface area contributed by atoms with E-state index < -0.39 is 5.97 Å². The standard InChI is InChI=1S/C13H11N3O3/c1-8-4-10(15-19-8)6-16-7-14-11-3-2-9(13(17)18)5-12(11)16/h2-5,7H,6H2,1H3,(H,17,18). The maximum Gasteiger partial charge on any atom is 0.335 e. The summed E-state index contributed by atoms with van der Waals surface area (Å²) in [6.45, 7) is 2.32. The van der Waals surface area contributed by atoms with E-state index in [1.807, 2.05) is 17.6 Å². The van der Waals surface area contributed by atoms with E-state index in [2.05, 4.69) is 10.1 Å². The highest BCUT2D eigenvalue weighted by atomic mass is 16.5. The van der Waals surface area contributed by atoms with Crippen LogP contribution >= 0.6 is 0 Å². The number of carboxylic acid groups (broad SMARTS) is 1. The number of carbonyl (C=O) groups is 1. The Morgan fingerprint density at radius 3 is 2.95 bits per heavy atom. The molecule has 0 atom stereocenters. The van der Waals surface area contributed by atoms with Crippen LogP contribution in [0.15, 0.2) is 35.1 Å². The van der Waals surface area contributed by atoms with Crippen LogP contribution in [0.4, 0.5) is 0 Å². The lowest BCUT2D eigenvalue weighted by atomic mass is 10.2. The van der Waals surface area contributed by atoms with E-state index in [0.717, 1.165) is 22.5 Å². The molecule has 0 spiro atoms. The molecule has 3 rings (SSSR count). The lowest BCUT2D eigenvalue weighted by Crippen LogP contribution is -2.00. The van der Waals surface area contributed by atoms with Gasteiger partial charge >= 0.3 is 5.97 Å². The van der Waals surface area contributed by atoms with Crippen molar-refractivity contribution in [2.45, 2.75) is 13.5 Å². The summed E-state index contributed by atoms with van der Waals surface area (Å²) in [5.74, 6) is -0.211. The molecule has 0 aliphatic carbocycles. The number of hydrogen-bond donors (Lipinski definition) is 1. The van der Waals surface area contributed by atoms with Crippen LogP contribution in [-0.2, 0) is 6.54 Å². The van der Waals surface area contributed by atoms with Crippen LogP contribution in [0.25, 0.3) is 11.0 Å². The predicted octanol–water partition coefficient (Wildman–Crippen LogP) is 2.08. The summed E-state index contributed by atoms with van der Waals surface area (Å²) in [5.41, 5.74) is 2.54. The average molecular weight is 257 g/mol. The van der Waals surface area contributed by atoms with E-state index in [1.54, 1.807) is 24.5 Å². The van der Waals surface area contributed by atoms with Crippen molar-refractivity contribution < 1.29 is 14.4 Å². The largest absolute Gasteiger partial charge is 0.478 e. The summed E-state index contributed by atoms with van der Waals surface area (Å²) < 4.78 is 6.86. The number of aromatic nitrogens is 3. The van der Waals surface area contributed by atoms with Crippen molar-refractivity contribution in [1.29, 1.82) is 0 Å². The van der Waals surface area contributed by atoms with E-state index in [4.69, 9.17) is 9.63 Å². The molecule has 0 fully saturated rings. The van der Waals surface area contributed by atoms with Crippen LogP contribution in [0.5, 0.6) is 0 Å². The molecular weight excluding hydrogens is 246 g/mol. The van der Waals surface area contributed by atoms with Gasteiger partial charge in [-0.1, -0.05) is 5.16 Å². The fourth-order valence-corrected chi connectivity index (χ4v) is 1.98. The van der Waals surface area contributed by atoms with Crippen LogP contribution in [0.3, 0.4) is 0 Å². The Kier molecular flexibility index (Phi) is 2.56. The molecule has 6 heteroatoms. The van der Waals surface area contributed by atoms with Gasteiger partial charge in [-0.15, -0.1) is 0 Å². The minimum Gasteiger partial charge on any atom is -0.478 e. The molecule has 0 aliphatic rings. The number of imidazole rings is 1. The third-order valence-electron chi connectivity index (χ3n) is 2.88. The number of nitrogens with zero attached hydrogens (tertiary/aromatic N) is 3. The number of benzene rings is 1. The van der Waals surface area contributed by atoms with E-state index in [-0.39, 0.29) is 5.56 Å². The molecule has 0 radical (unpaired) electrons. The molecule has 96 valence electrons. The zero-order chi connectivity index (χ0) is 13.4. The molecule has 2 heterocycles. The fraction of sp³-hybridized carbons (Fsp3) is 0.154. The van der Waals surface area contributed by atoms with E-state index in [9.17, 15) is 4.79 Å². The first-order valence-electron chi connectivity index (χ1n) is 5.74. The Labute approximate surface area is 108 Å². The first kappa shape index (κ1) is 11.5. The molecule has 1 aromatic carbocycles. The van der Waals surface area contributed by atoms with E-state index in [0.29, 0.717) is 6.54 Å². The number of carboxylic acids is 1. The summed E-state index contributed by atoms with van der Waals surface area (Å²) in [7, 11) is 0. The quantitative estimate of drug-likeness (QED) is 0.776. The maximum atomic E-state index is 11.0. The third kappa shape index (κ3) is 2.08. The highest BCUT2D eigenvalue weighted by molar-refractivity contribution is 5.92. The molecule has 0 aliphatic heterocycles. The van der Waals surface area contributed by atoms with Crippen LogP contribution in [-0.4, -0.2) is 25.8 Å². The van der Waals surface area contributed by atoms with E-state index >= 15 is 0 Å². The topological polar surface area (TPSA) is 81.2 Å². The first-order chi connectivity index (χ1) is 9.13. The van der Waals surface area contributed by atoms with Gasteiger partial charge in [-0.25, -0.2) is 9.78 Å². The van der Waals surface area contributed by atoms with Crippen LogP contribution in [0, 0.1) is 6.92 Å². The zero-order valence-electron chi connectivity index (χ0n) is 10.2. The monoisotopic (exact) mass is 257 g/mol. The summed E-state index contributed by atoms with van der Waals surface area (Å²) in [6.07, 6.45) is 1.67. The van der Waals surface area contributed by atoms with Gasteiger partial charge in [-0.3, -0.25) is 0 Å². The molecule has 0 amide bonds. The normalized spacial score (nSPS) is 11.0. The summed E-state index contributed by atoms with van der Waals surface area (Å²) in [4.78, 5) is 15.2. The molecule has 1 N–H and O–H groups in total.